The van der Waals surface area contributed by atoms with Crippen molar-refractivity contribution in [3.05, 3.63) is 22.8 Å². The van der Waals surface area contributed by atoms with Gasteiger partial charge in [-0.1, -0.05) is 11.6 Å². The van der Waals surface area contributed by atoms with Crippen LogP contribution in [-0.2, 0) is 4.74 Å². The third kappa shape index (κ3) is 2.97. The molecule has 1 aliphatic heterocycles. The van der Waals surface area contributed by atoms with Crippen LogP contribution in [0.25, 0.3) is 0 Å². The van der Waals surface area contributed by atoms with E-state index in [0.717, 1.165) is 6.42 Å². The number of nitrogens with zero attached hydrogens (tertiary/aromatic N) is 2. The van der Waals surface area contributed by atoms with E-state index in [1.165, 1.54) is 6.07 Å². The van der Waals surface area contributed by atoms with Crippen molar-refractivity contribution < 1.29 is 9.53 Å². The van der Waals surface area contributed by atoms with Crippen LogP contribution in [-0.4, -0.2) is 41.6 Å². The maximum Gasteiger partial charge on any atom is 0.254 e. The van der Waals surface area contributed by atoms with E-state index < -0.39 is 0 Å². The predicted molar refractivity (Wildman–Crippen MR) is 73.0 cm³/mol. The molecule has 1 saturated heterocycles. The molecule has 0 aliphatic carbocycles. The summed E-state index contributed by atoms with van der Waals surface area (Å²) in [6.45, 7) is 2.64. The number of hydrazine groups is 1. The predicted octanol–water partition coefficient (Wildman–Crippen LogP) is 1.27. The molecule has 2 rings (SSSR count). The number of hydrogen-bond acceptors (Lipinski definition) is 5. The van der Waals surface area contributed by atoms with Crippen LogP contribution in [0.15, 0.2) is 12.1 Å². The first kappa shape index (κ1) is 14.0. The third-order valence-electron chi connectivity index (χ3n) is 3.34. The van der Waals surface area contributed by atoms with Crippen molar-refractivity contribution in [2.45, 2.75) is 25.5 Å². The number of nitrogens with one attached hydrogen (secondary N) is 1. The Labute approximate surface area is 116 Å². The van der Waals surface area contributed by atoms with Crippen LogP contribution in [0.4, 0.5) is 5.82 Å². The summed E-state index contributed by atoms with van der Waals surface area (Å²) < 4.78 is 5.48. The highest BCUT2D eigenvalue weighted by molar-refractivity contribution is 6.29. The largest absolute Gasteiger partial charge is 0.376 e. The van der Waals surface area contributed by atoms with Gasteiger partial charge < -0.3 is 15.1 Å². The van der Waals surface area contributed by atoms with Gasteiger partial charge in [0.25, 0.3) is 5.91 Å². The number of hydrogen-bond donors (Lipinski definition) is 2. The molecular formula is C12H17ClN4O2. The standard InChI is InChI=1S/C12H17ClN4O2/c1-7-9(3-4-19-7)17(2)12(18)8-5-10(13)15-11(6-8)16-14/h5-7,9H,3-4,14H2,1-2H3,(H,15,16). The first-order valence-electron chi connectivity index (χ1n) is 6.06. The van der Waals surface area contributed by atoms with Gasteiger partial charge in [0.2, 0.25) is 0 Å². The van der Waals surface area contributed by atoms with Gasteiger partial charge in [0.15, 0.2) is 0 Å². The smallest absolute Gasteiger partial charge is 0.254 e. The molecule has 1 fully saturated rings. The summed E-state index contributed by atoms with van der Waals surface area (Å²) in [5, 5.41) is 0.225. The number of carbonyl (C=O) groups is 1. The molecule has 3 N–H and O–H groups in total. The maximum atomic E-state index is 12.4. The van der Waals surface area contributed by atoms with E-state index in [1.54, 1.807) is 18.0 Å². The van der Waals surface area contributed by atoms with Crippen molar-refractivity contribution in [2.24, 2.45) is 5.84 Å². The zero-order valence-corrected chi connectivity index (χ0v) is 11.6. The summed E-state index contributed by atoms with van der Waals surface area (Å²) in [5.41, 5.74) is 2.84. The topological polar surface area (TPSA) is 80.5 Å². The molecule has 1 aromatic rings. The second-order valence-corrected chi connectivity index (χ2v) is 4.94. The van der Waals surface area contributed by atoms with Gasteiger partial charge in [-0.05, 0) is 25.5 Å². The van der Waals surface area contributed by atoms with Crippen molar-refractivity contribution in [3.63, 3.8) is 0 Å². The van der Waals surface area contributed by atoms with Crippen molar-refractivity contribution in [1.82, 2.24) is 9.88 Å². The van der Waals surface area contributed by atoms with E-state index in [0.29, 0.717) is 18.0 Å². The number of carbonyl (C=O) groups excluding carboxylic acids is 1. The van der Waals surface area contributed by atoms with Crippen molar-refractivity contribution in [2.75, 3.05) is 19.1 Å². The van der Waals surface area contributed by atoms with Crippen LogP contribution in [0.5, 0.6) is 0 Å². The molecule has 104 valence electrons. The van der Waals surface area contributed by atoms with Crippen LogP contribution in [0.2, 0.25) is 5.15 Å². The first-order valence-corrected chi connectivity index (χ1v) is 6.43. The van der Waals surface area contributed by atoms with E-state index >= 15 is 0 Å². The fourth-order valence-corrected chi connectivity index (χ4v) is 2.49. The van der Waals surface area contributed by atoms with E-state index in [4.69, 9.17) is 22.2 Å². The molecule has 0 radical (unpaired) electrons. The zero-order valence-electron chi connectivity index (χ0n) is 10.9. The van der Waals surface area contributed by atoms with Crippen LogP contribution in [0, 0.1) is 0 Å². The lowest BCUT2D eigenvalue weighted by atomic mass is 10.1. The summed E-state index contributed by atoms with van der Waals surface area (Å²) in [6, 6.07) is 3.18. The highest BCUT2D eigenvalue weighted by atomic mass is 35.5. The Morgan fingerprint density at radius 1 is 1.63 bits per heavy atom. The average molecular weight is 285 g/mol. The molecule has 7 heteroatoms. The summed E-state index contributed by atoms with van der Waals surface area (Å²) in [6.07, 6.45) is 0.878. The average Bonchev–Trinajstić information content (AvgIpc) is 2.82. The Balaban J connectivity index is 2.21. The van der Waals surface area contributed by atoms with Crippen LogP contribution >= 0.6 is 11.6 Å². The number of likely N-dealkylation sites (N-methyl/N-ethyl adjacent to an activating group) is 1. The third-order valence-corrected chi connectivity index (χ3v) is 3.54. The molecule has 6 nitrogen and oxygen atoms in total. The number of rotatable bonds is 3. The normalized spacial score (nSPS) is 22.3. The van der Waals surface area contributed by atoms with Gasteiger partial charge in [-0.25, -0.2) is 10.8 Å². The lowest BCUT2D eigenvalue weighted by Gasteiger charge is -2.27. The van der Waals surface area contributed by atoms with Crippen molar-refractivity contribution in [1.29, 1.82) is 0 Å². The van der Waals surface area contributed by atoms with Gasteiger partial charge in [0, 0.05) is 19.2 Å². The summed E-state index contributed by atoms with van der Waals surface area (Å²) in [5.74, 6) is 5.53. The minimum absolute atomic E-state index is 0.0402. The Morgan fingerprint density at radius 3 is 2.95 bits per heavy atom. The lowest BCUT2D eigenvalue weighted by Crippen LogP contribution is -2.41. The number of pyridine rings is 1. The lowest BCUT2D eigenvalue weighted by molar-refractivity contribution is 0.0574. The Bertz CT molecular complexity index is 483. The quantitative estimate of drug-likeness (QED) is 0.496. The number of amides is 1. The van der Waals surface area contributed by atoms with Gasteiger partial charge in [0.05, 0.1) is 12.1 Å². The Morgan fingerprint density at radius 2 is 2.37 bits per heavy atom. The highest BCUT2D eigenvalue weighted by Crippen LogP contribution is 2.21. The molecule has 2 atom stereocenters. The van der Waals surface area contributed by atoms with Crippen molar-refractivity contribution >= 4 is 23.3 Å². The van der Waals surface area contributed by atoms with Crippen LogP contribution in [0.3, 0.4) is 0 Å². The molecule has 2 unspecified atom stereocenters. The fourth-order valence-electron chi connectivity index (χ4n) is 2.28. The molecule has 19 heavy (non-hydrogen) atoms. The van der Waals surface area contributed by atoms with Crippen LogP contribution < -0.4 is 11.3 Å². The molecule has 2 heterocycles. The number of halogens is 1. The molecule has 0 saturated carbocycles. The molecule has 0 aromatic carbocycles. The second-order valence-electron chi connectivity index (χ2n) is 4.56. The Kier molecular flexibility index (Phi) is 4.24. The number of nitrogen functional groups attached to an aromatic ring is 1. The zero-order chi connectivity index (χ0) is 14.0. The van der Waals surface area contributed by atoms with Gasteiger partial charge >= 0.3 is 0 Å². The monoisotopic (exact) mass is 284 g/mol. The Hall–Kier alpha value is -1.37. The molecule has 0 spiro atoms. The van der Waals surface area contributed by atoms with Crippen LogP contribution in [0.1, 0.15) is 23.7 Å². The van der Waals surface area contributed by atoms with E-state index in [2.05, 4.69) is 10.4 Å². The van der Waals surface area contributed by atoms with Gasteiger partial charge in [0.1, 0.15) is 11.0 Å². The van der Waals surface area contributed by atoms with E-state index in [9.17, 15) is 4.79 Å². The molecule has 1 aromatic heterocycles. The van der Waals surface area contributed by atoms with Gasteiger partial charge in [-0.3, -0.25) is 4.79 Å². The SMILES string of the molecule is CC1OCCC1N(C)C(=O)c1cc(Cl)nc(NN)c1. The number of anilines is 1. The minimum atomic E-state index is -0.122. The van der Waals surface area contributed by atoms with Gasteiger partial charge in [-0.2, -0.15) is 0 Å². The summed E-state index contributed by atoms with van der Waals surface area (Å²) in [4.78, 5) is 18.0. The summed E-state index contributed by atoms with van der Waals surface area (Å²) >= 11 is 5.86. The maximum absolute atomic E-state index is 12.4. The minimum Gasteiger partial charge on any atom is -0.376 e. The van der Waals surface area contributed by atoms with Crippen molar-refractivity contribution in [3.8, 4) is 0 Å². The molecular weight excluding hydrogens is 268 g/mol. The van der Waals surface area contributed by atoms with Gasteiger partial charge in [-0.15, -0.1) is 0 Å². The number of ether oxygens (including phenoxy) is 1. The first-order chi connectivity index (χ1) is 9.02. The highest BCUT2D eigenvalue weighted by Gasteiger charge is 2.31. The number of nitrogens with two attached hydrogens (primary N) is 1. The molecule has 0 bridgehead atoms. The molecule has 1 aliphatic rings. The molecule has 1 amide bonds. The summed E-state index contributed by atoms with van der Waals surface area (Å²) in [7, 11) is 1.77. The van der Waals surface area contributed by atoms with E-state index in [-0.39, 0.29) is 23.2 Å². The number of aromatic nitrogens is 1. The second kappa shape index (κ2) is 5.73. The van der Waals surface area contributed by atoms with E-state index in [1.807, 2.05) is 6.92 Å². The fraction of sp³-hybridized carbons (Fsp3) is 0.500.